The molecule has 4 nitrogen and oxygen atoms in total. The maximum absolute atomic E-state index is 10.9. The number of fused-ring (bicyclic) bond motifs is 1. The summed E-state index contributed by atoms with van der Waals surface area (Å²) in [5, 5.41) is 12.7. The van der Waals surface area contributed by atoms with E-state index in [2.05, 4.69) is 26.1 Å². The summed E-state index contributed by atoms with van der Waals surface area (Å²) in [4.78, 5) is 13.6. The summed E-state index contributed by atoms with van der Waals surface area (Å²) in [6, 6.07) is 6.51. The van der Waals surface area contributed by atoms with Crippen molar-refractivity contribution in [1.82, 2.24) is 10.2 Å². The Balaban J connectivity index is 1.61. The Morgan fingerprint density at radius 1 is 1.33 bits per heavy atom. The topological polar surface area (TPSA) is 52.6 Å². The minimum absolute atomic E-state index is 0.324. The molecule has 0 spiro atoms. The van der Waals surface area contributed by atoms with Crippen LogP contribution in [0.2, 0.25) is 0 Å². The lowest BCUT2D eigenvalue weighted by atomic mass is 9.99. The van der Waals surface area contributed by atoms with Crippen LogP contribution in [-0.2, 0) is 6.54 Å². The van der Waals surface area contributed by atoms with Crippen LogP contribution in [0.5, 0.6) is 0 Å². The van der Waals surface area contributed by atoms with Crippen molar-refractivity contribution in [2.24, 2.45) is 0 Å². The number of rotatable bonds is 4. The average molecular weight is 353 g/mol. The molecular formula is C16H21BrN2O2. The number of nitrogens with one attached hydrogen (secondary N) is 1. The maximum atomic E-state index is 10.9. The SMILES string of the molecule is O=C(O)c1ccc(CNC2CCN3CCCCC23)c(Br)c1. The fourth-order valence-corrected chi connectivity index (χ4v) is 4.07. The second-order valence-electron chi connectivity index (χ2n) is 5.99. The minimum atomic E-state index is -0.885. The molecule has 1 aromatic carbocycles. The number of halogens is 1. The van der Waals surface area contributed by atoms with Crippen LogP contribution < -0.4 is 5.32 Å². The van der Waals surface area contributed by atoms with Crippen LogP contribution in [0.4, 0.5) is 0 Å². The lowest BCUT2D eigenvalue weighted by Gasteiger charge is -2.32. The Morgan fingerprint density at radius 3 is 2.95 bits per heavy atom. The van der Waals surface area contributed by atoms with Gasteiger partial charge in [-0.2, -0.15) is 0 Å². The highest BCUT2D eigenvalue weighted by atomic mass is 79.9. The second-order valence-corrected chi connectivity index (χ2v) is 6.84. The average Bonchev–Trinajstić information content (AvgIpc) is 2.89. The monoisotopic (exact) mass is 352 g/mol. The van der Waals surface area contributed by atoms with Gasteiger partial charge in [0.15, 0.2) is 0 Å². The van der Waals surface area contributed by atoms with Crippen molar-refractivity contribution in [3.05, 3.63) is 33.8 Å². The van der Waals surface area contributed by atoms with Crippen molar-refractivity contribution in [2.45, 2.75) is 44.3 Å². The number of nitrogens with zero attached hydrogens (tertiary/aromatic N) is 1. The predicted octanol–water partition coefficient (Wildman–Crippen LogP) is 2.86. The van der Waals surface area contributed by atoms with Gasteiger partial charge in [0.2, 0.25) is 0 Å². The number of carboxylic acid groups (broad SMARTS) is 1. The number of hydrogen-bond acceptors (Lipinski definition) is 3. The first-order chi connectivity index (χ1) is 10.1. The number of benzene rings is 1. The molecule has 2 aliphatic rings. The molecule has 0 aromatic heterocycles. The molecule has 2 saturated heterocycles. The molecule has 2 heterocycles. The molecule has 0 amide bonds. The lowest BCUT2D eigenvalue weighted by molar-refractivity contribution is 0.0697. The number of carbonyl (C=O) groups is 1. The third-order valence-corrected chi connectivity index (χ3v) is 5.45. The van der Waals surface area contributed by atoms with Crippen molar-refractivity contribution in [3.8, 4) is 0 Å². The molecule has 2 N–H and O–H groups in total. The van der Waals surface area contributed by atoms with Crippen LogP contribution >= 0.6 is 15.9 Å². The summed E-state index contributed by atoms with van der Waals surface area (Å²) in [7, 11) is 0. The molecule has 1 aromatic rings. The van der Waals surface area contributed by atoms with Gasteiger partial charge in [0, 0.05) is 29.6 Å². The van der Waals surface area contributed by atoms with Gasteiger partial charge in [-0.3, -0.25) is 4.90 Å². The van der Waals surface area contributed by atoms with Crippen molar-refractivity contribution in [1.29, 1.82) is 0 Å². The van der Waals surface area contributed by atoms with Gasteiger partial charge in [0.1, 0.15) is 0 Å². The molecule has 3 rings (SSSR count). The molecule has 2 unspecified atom stereocenters. The molecular weight excluding hydrogens is 332 g/mol. The van der Waals surface area contributed by atoms with Gasteiger partial charge in [-0.15, -0.1) is 0 Å². The highest BCUT2D eigenvalue weighted by Gasteiger charge is 2.34. The van der Waals surface area contributed by atoms with Gasteiger partial charge >= 0.3 is 5.97 Å². The molecule has 0 saturated carbocycles. The second kappa shape index (κ2) is 6.46. The first kappa shape index (κ1) is 15.0. The van der Waals surface area contributed by atoms with Crippen molar-refractivity contribution < 1.29 is 9.90 Å². The molecule has 114 valence electrons. The molecule has 2 fully saturated rings. The lowest BCUT2D eigenvalue weighted by Crippen LogP contribution is -2.44. The summed E-state index contributed by atoms with van der Waals surface area (Å²) >= 11 is 3.48. The number of aromatic carboxylic acids is 1. The van der Waals surface area contributed by atoms with Gasteiger partial charge in [-0.1, -0.05) is 28.4 Å². The number of hydrogen-bond donors (Lipinski definition) is 2. The highest BCUT2D eigenvalue weighted by molar-refractivity contribution is 9.10. The minimum Gasteiger partial charge on any atom is -0.478 e. The summed E-state index contributed by atoms with van der Waals surface area (Å²) in [5.41, 5.74) is 1.44. The van der Waals surface area contributed by atoms with Crippen molar-refractivity contribution in [3.63, 3.8) is 0 Å². The molecule has 2 atom stereocenters. The van der Waals surface area contributed by atoms with E-state index >= 15 is 0 Å². The zero-order valence-electron chi connectivity index (χ0n) is 12.0. The fraction of sp³-hybridized carbons (Fsp3) is 0.562. The zero-order valence-corrected chi connectivity index (χ0v) is 13.6. The molecule has 21 heavy (non-hydrogen) atoms. The Kier molecular flexibility index (Phi) is 4.62. The van der Waals surface area contributed by atoms with Crippen LogP contribution in [0.15, 0.2) is 22.7 Å². The number of carboxylic acids is 1. The zero-order chi connectivity index (χ0) is 14.8. The predicted molar refractivity (Wildman–Crippen MR) is 85.6 cm³/mol. The Bertz CT molecular complexity index is 535. The first-order valence-electron chi connectivity index (χ1n) is 7.64. The molecule has 0 bridgehead atoms. The van der Waals surface area contributed by atoms with E-state index < -0.39 is 5.97 Å². The van der Waals surface area contributed by atoms with Gasteiger partial charge in [-0.05, 0) is 43.5 Å². The van der Waals surface area contributed by atoms with E-state index in [1.54, 1.807) is 12.1 Å². The van der Waals surface area contributed by atoms with Gasteiger partial charge in [0.05, 0.1) is 5.56 Å². The van der Waals surface area contributed by atoms with E-state index in [4.69, 9.17) is 5.11 Å². The number of piperidine rings is 1. The Hall–Kier alpha value is -0.910. The van der Waals surface area contributed by atoms with E-state index in [9.17, 15) is 4.79 Å². The van der Waals surface area contributed by atoms with Crippen LogP contribution in [-0.4, -0.2) is 41.1 Å². The smallest absolute Gasteiger partial charge is 0.335 e. The molecule has 2 aliphatic heterocycles. The molecule has 5 heteroatoms. The van der Waals surface area contributed by atoms with E-state index in [0.717, 1.165) is 16.6 Å². The van der Waals surface area contributed by atoms with E-state index in [1.165, 1.54) is 38.8 Å². The third-order valence-electron chi connectivity index (χ3n) is 4.71. The van der Waals surface area contributed by atoms with Crippen LogP contribution in [0.1, 0.15) is 41.6 Å². The van der Waals surface area contributed by atoms with E-state index in [1.807, 2.05) is 6.07 Å². The maximum Gasteiger partial charge on any atom is 0.335 e. The van der Waals surface area contributed by atoms with E-state index in [0.29, 0.717) is 17.6 Å². The highest BCUT2D eigenvalue weighted by Crippen LogP contribution is 2.28. The van der Waals surface area contributed by atoms with Gasteiger partial charge < -0.3 is 10.4 Å². The Morgan fingerprint density at radius 2 is 2.19 bits per heavy atom. The first-order valence-corrected chi connectivity index (χ1v) is 8.43. The summed E-state index contributed by atoms with van der Waals surface area (Å²) < 4.78 is 0.869. The third kappa shape index (κ3) is 3.30. The summed E-state index contributed by atoms with van der Waals surface area (Å²) in [6.45, 7) is 3.25. The largest absolute Gasteiger partial charge is 0.478 e. The van der Waals surface area contributed by atoms with Gasteiger partial charge in [0.25, 0.3) is 0 Å². The molecule has 0 radical (unpaired) electrons. The van der Waals surface area contributed by atoms with Gasteiger partial charge in [-0.25, -0.2) is 4.79 Å². The van der Waals surface area contributed by atoms with Crippen LogP contribution in [0.25, 0.3) is 0 Å². The standard InChI is InChI=1S/C16H21BrN2O2/c17-13-9-11(16(20)21)4-5-12(13)10-18-14-6-8-19-7-2-1-3-15(14)19/h4-5,9,14-15,18H,1-3,6-8,10H2,(H,20,21). The summed E-state index contributed by atoms with van der Waals surface area (Å²) in [6.07, 6.45) is 5.20. The van der Waals surface area contributed by atoms with Crippen molar-refractivity contribution in [2.75, 3.05) is 13.1 Å². The molecule has 0 aliphatic carbocycles. The Labute approximate surface area is 133 Å². The van der Waals surface area contributed by atoms with E-state index in [-0.39, 0.29) is 0 Å². The normalized spacial score (nSPS) is 25.8. The van der Waals surface area contributed by atoms with Crippen molar-refractivity contribution >= 4 is 21.9 Å². The quantitative estimate of drug-likeness (QED) is 0.874. The van der Waals surface area contributed by atoms with Crippen LogP contribution in [0, 0.1) is 0 Å². The van der Waals surface area contributed by atoms with Crippen LogP contribution in [0.3, 0.4) is 0 Å². The fourth-order valence-electron chi connectivity index (χ4n) is 3.55. The summed E-state index contributed by atoms with van der Waals surface area (Å²) in [5.74, 6) is -0.885.